The number of aromatic hydroxyl groups is 1. The largest absolute Gasteiger partial charge is 0.508 e. The predicted octanol–water partition coefficient (Wildman–Crippen LogP) is 2.32. The van der Waals surface area contributed by atoms with Crippen LogP contribution in [0.5, 0.6) is 17.2 Å². The molecule has 1 aliphatic heterocycles. The molecule has 3 rings (SSSR count). The van der Waals surface area contributed by atoms with E-state index < -0.39 is 0 Å². The molecule has 0 radical (unpaired) electrons. The number of rotatable bonds is 6. The molecular formula is C17H17NO4. The van der Waals surface area contributed by atoms with Crippen LogP contribution in [0.15, 0.2) is 42.5 Å². The van der Waals surface area contributed by atoms with Crippen LogP contribution in [0.4, 0.5) is 0 Å². The molecule has 0 unspecified atom stereocenters. The average molecular weight is 299 g/mol. The molecule has 2 aromatic rings. The maximum Gasteiger partial charge on any atom is 0.231 e. The average Bonchev–Trinajstić information content (AvgIpc) is 3.00. The van der Waals surface area contributed by atoms with E-state index >= 15 is 0 Å². The molecule has 0 saturated carbocycles. The summed E-state index contributed by atoms with van der Waals surface area (Å²) >= 11 is 0. The predicted molar refractivity (Wildman–Crippen MR) is 80.8 cm³/mol. The Kier molecular flexibility index (Phi) is 4.14. The van der Waals surface area contributed by atoms with E-state index in [1.54, 1.807) is 17.0 Å². The van der Waals surface area contributed by atoms with Crippen molar-refractivity contribution in [3.05, 3.63) is 53.6 Å². The van der Waals surface area contributed by atoms with Gasteiger partial charge >= 0.3 is 0 Å². The van der Waals surface area contributed by atoms with Crippen molar-refractivity contribution in [1.82, 2.24) is 4.90 Å². The Morgan fingerprint density at radius 3 is 2.55 bits per heavy atom. The molecule has 5 nitrogen and oxygen atoms in total. The molecule has 1 aliphatic rings. The van der Waals surface area contributed by atoms with E-state index in [2.05, 4.69) is 0 Å². The number of carbonyl (C=O) groups excluding carboxylic acids is 1. The molecular weight excluding hydrogens is 282 g/mol. The second-order valence-electron chi connectivity index (χ2n) is 5.18. The van der Waals surface area contributed by atoms with Gasteiger partial charge in [0.25, 0.3) is 0 Å². The lowest BCUT2D eigenvalue weighted by atomic mass is 10.1. The van der Waals surface area contributed by atoms with Gasteiger partial charge in [-0.15, -0.1) is 0 Å². The first-order valence-electron chi connectivity index (χ1n) is 7.10. The summed E-state index contributed by atoms with van der Waals surface area (Å²) in [6.45, 7) is 1.39. The van der Waals surface area contributed by atoms with Gasteiger partial charge in [-0.2, -0.15) is 0 Å². The highest BCUT2D eigenvalue weighted by Crippen LogP contribution is 2.32. The summed E-state index contributed by atoms with van der Waals surface area (Å²) in [5.74, 6) is 1.71. The Bertz CT molecular complexity index is 654. The van der Waals surface area contributed by atoms with Gasteiger partial charge in [-0.3, -0.25) is 4.79 Å². The van der Waals surface area contributed by atoms with Gasteiger partial charge in [0.05, 0.1) is 0 Å². The third-order valence-electron chi connectivity index (χ3n) is 3.60. The summed E-state index contributed by atoms with van der Waals surface area (Å²) in [7, 11) is 0. The Hall–Kier alpha value is -2.69. The van der Waals surface area contributed by atoms with Crippen molar-refractivity contribution in [1.29, 1.82) is 0 Å². The summed E-state index contributed by atoms with van der Waals surface area (Å²) in [5.41, 5.74) is 2.08. The minimum absolute atomic E-state index is 0.247. The number of phenolic OH excluding ortho intramolecular Hbond substituents is 1. The van der Waals surface area contributed by atoms with Crippen LogP contribution < -0.4 is 9.47 Å². The summed E-state index contributed by atoms with van der Waals surface area (Å²) in [6.07, 6.45) is 1.59. The molecule has 2 aromatic carbocycles. The number of fused-ring (bicyclic) bond motifs is 1. The third kappa shape index (κ3) is 3.31. The maximum atomic E-state index is 11.2. The molecule has 1 N–H and O–H groups in total. The molecule has 0 saturated heterocycles. The summed E-state index contributed by atoms with van der Waals surface area (Å²) in [5, 5.41) is 9.26. The highest BCUT2D eigenvalue weighted by atomic mass is 16.7. The zero-order valence-electron chi connectivity index (χ0n) is 12.1. The molecule has 114 valence electrons. The smallest absolute Gasteiger partial charge is 0.231 e. The van der Waals surface area contributed by atoms with Crippen molar-refractivity contribution in [2.45, 2.75) is 13.0 Å². The van der Waals surface area contributed by atoms with Gasteiger partial charge in [-0.25, -0.2) is 0 Å². The van der Waals surface area contributed by atoms with Gasteiger partial charge < -0.3 is 19.5 Å². The van der Waals surface area contributed by atoms with E-state index in [-0.39, 0.29) is 12.5 Å². The fourth-order valence-electron chi connectivity index (χ4n) is 2.38. The van der Waals surface area contributed by atoms with E-state index in [4.69, 9.17) is 9.47 Å². The lowest BCUT2D eigenvalue weighted by Gasteiger charge is -2.17. The SMILES string of the molecule is O=CN(CCc1ccc(O)cc1)Cc1ccc2c(c1)OCO2. The molecule has 5 heteroatoms. The van der Waals surface area contributed by atoms with Crippen molar-refractivity contribution in [2.24, 2.45) is 0 Å². The van der Waals surface area contributed by atoms with Crippen LogP contribution in [0.2, 0.25) is 0 Å². The number of nitrogens with zero attached hydrogens (tertiary/aromatic N) is 1. The first-order chi connectivity index (χ1) is 10.7. The van der Waals surface area contributed by atoms with E-state index in [1.165, 1.54) is 0 Å². The van der Waals surface area contributed by atoms with Gasteiger partial charge in [-0.1, -0.05) is 18.2 Å². The summed E-state index contributed by atoms with van der Waals surface area (Å²) in [4.78, 5) is 13.0. The zero-order valence-corrected chi connectivity index (χ0v) is 12.1. The minimum Gasteiger partial charge on any atom is -0.508 e. The number of carbonyl (C=O) groups is 1. The van der Waals surface area contributed by atoms with Gasteiger partial charge in [0.1, 0.15) is 5.75 Å². The number of hydrogen-bond acceptors (Lipinski definition) is 4. The topological polar surface area (TPSA) is 59.0 Å². The van der Waals surface area contributed by atoms with E-state index in [0.717, 1.165) is 35.5 Å². The molecule has 1 amide bonds. The normalized spacial score (nSPS) is 12.2. The Morgan fingerprint density at radius 2 is 1.77 bits per heavy atom. The fourth-order valence-corrected chi connectivity index (χ4v) is 2.38. The van der Waals surface area contributed by atoms with Crippen LogP contribution in [-0.2, 0) is 17.8 Å². The number of benzene rings is 2. The first kappa shape index (κ1) is 14.3. The number of phenols is 1. The number of ether oxygens (including phenoxy) is 2. The van der Waals surface area contributed by atoms with Gasteiger partial charge in [-0.05, 0) is 41.8 Å². The molecule has 0 bridgehead atoms. The third-order valence-corrected chi connectivity index (χ3v) is 3.60. The standard InChI is InChI=1S/C17H17NO4/c19-11-18(8-7-13-1-4-15(20)5-2-13)10-14-3-6-16-17(9-14)22-12-21-16/h1-6,9,11,20H,7-8,10,12H2. The lowest BCUT2D eigenvalue weighted by Crippen LogP contribution is -2.24. The van der Waals surface area contributed by atoms with Crippen LogP contribution >= 0.6 is 0 Å². The van der Waals surface area contributed by atoms with Crippen LogP contribution in [0.25, 0.3) is 0 Å². The van der Waals surface area contributed by atoms with Crippen LogP contribution in [-0.4, -0.2) is 29.8 Å². The van der Waals surface area contributed by atoms with E-state index in [9.17, 15) is 9.90 Å². The summed E-state index contributed by atoms with van der Waals surface area (Å²) in [6, 6.07) is 12.7. The van der Waals surface area contributed by atoms with E-state index in [1.807, 2.05) is 30.3 Å². The highest BCUT2D eigenvalue weighted by molar-refractivity contribution is 5.49. The van der Waals surface area contributed by atoms with Crippen molar-refractivity contribution in [2.75, 3.05) is 13.3 Å². The van der Waals surface area contributed by atoms with Crippen molar-refractivity contribution < 1.29 is 19.4 Å². The van der Waals surface area contributed by atoms with Gasteiger partial charge in [0.2, 0.25) is 13.2 Å². The lowest BCUT2D eigenvalue weighted by molar-refractivity contribution is -0.118. The maximum absolute atomic E-state index is 11.2. The van der Waals surface area contributed by atoms with Gasteiger partial charge in [0, 0.05) is 13.1 Å². The van der Waals surface area contributed by atoms with Crippen LogP contribution in [0.1, 0.15) is 11.1 Å². The zero-order chi connectivity index (χ0) is 15.4. The fraction of sp³-hybridized carbons (Fsp3) is 0.235. The first-order valence-corrected chi connectivity index (χ1v) is 7.10. The highest BCUT2D eigenvalue weighted by Gasteiger charge is 2.14. The molecule has 0 fully saturated rings. The molecule has 0 aliphatic carbocycles. The number of amides is 1. The monoisotopic (exact) mass is 299 g/mol. The minimum atomic E-state index is 0.247. The number of hydrogen-bond donors (Lipinski definition) is 1. The molecule has 0 spiro atoms. The Labute approximate surface area is 128 Å². The molecule has 0 aromatic heterocycles. The van der Waals surface area contributed by atoms with Crippen LogP contribution in [0, 0.1) is 0 Å². The van der Waals surface area contributed by atoms with Crippen molar-refractivity contribution in [3.63, 3.8) is 0 Å². The second kappa shape index (κ2) is 6.39. The quantitative estimate of drug-likeness (QED) is 0.832. The molecule has 0 atom stereocenters. The molecule has 22 heavy (non-hydrogen) atoms. The Balaban J connectivity index is 1.59. The van der Waals surface area contributed by atoms with Crippen LogP contribution in [0.3, 0.4) is 0 Å². The second-order valence-corrected chi connectivity index (χ2v) is 5.18. The van der Waals surface area contributed by atoms with Crippen molar-refractivity contribution in [3.8, 4) is 17.2 Å². The van der Waals surface area contributed by atoms with Crippen molar-refractivity contribution >= 4 is 6.41 Å². The summed E-state index contributed by atoms with van der Waals surface area (Å²) < 4.78 is 10.6. The molecule has 1 heterocycles. The van der Waals surface area contributed by atoms with Gasteiger partial charge in [0.15, 0.2) is 11.5 Å². The van der Waals surface area contributed by atoms with E-state index in [0.29, 0.717) is 13.1 Å². The Morgan fingerprint density at radius 1 is 1.05 bits per heavy atom.